The first-order valence-corrected chi connectivity index (χ1v) is 8.37. The van der Waals surface area contributed by atoms with Gasteiger partial charge in [-0.25, -0.2) is 4.39 Å². The molecule has 1 saturated carbocycles. The molecule has 1 heterocycles. The van der Waals surface area contributed by atoms with Crippen LogP contribution in [0.5, 0.6) is 0 Å². The van der Waals surface area contributed by atoms with E-state index in [2.05, 4.69) is 5.32 Å². The van der Waals surface area contributed by atoms with E-state index >= 15 is 0 Å². The fraction of sp³-hybridized carbons (Fsp3) is 0.368. The predicted octanol–water partition coefficient (Wildman–Crippen LogP) is 3.22. The molecule has 1 aromatic carbocycles. The lowest BCUT2D eigenvalue weighted by Crippen LogP contribution is -2.40. The minimum absolute atomic E-state index is 0.264. The Kier molecular flexibility index (Phi) is 4.61. The van der Waals surface area contributed by atoms with Crippen LogP contribution in [0.25, 0.3) is 5.69 Å². The normalized spacial score (nSPS) is 19.8. The molecular formula is C19H21FN2O3. The highest BCUT2D eigenvalue weighted by molar-refractivity contribution is 5.96. The zero-order valence-electron chi connectivity index (χ0n) is 14.3. The first-order chi connectivity index (χ1) is 11.9. The maximum atomic E-state index is 13.1. The third kappa shape index (κ3) is 3.29. The number of carboxylic acid groups (broad SMARTS) is 1. The van der Waals surface area contributed by atoms with Crippen molar-refractivity contribution in [3.8, 4) is 5.69 Å². The molecule has 132 valence electrons. The van der Waals surface area contributed by atoms with Crippen LogP contribution >= 0.6 is 0 Å². The minimum atomic E-state index is -0.861. The number of carbonyl (C=O) groups excluding carboxylic acids is 1. The molecule has 0 spiro atoms. The van der Waals surface area contributed by atoms with Crippen LogP contribution in [0.1, 0.15) is 41.0 Å². The number of benzene rings is 1. The van der Waals surface area contributed by atoms with E-state index in [0.717, 1.165) is 23.5 Å². The number of hydrogen-bond acceptors (Lipinski definition) is 2. The van der Waals surface area contributed by atoms with Crippen molar-refractivity contribution < 1.29 is 19.1 Å². The van der Waals surface area contributed by atoms with Crippen molar-refractivity contribution in [1.29, 1.82) is 0 Å². The van der Waals surface area contributed by atoms with Gasteiger partial charge in [-0.2, -0.15) is 0 Å². The Morgan fingerprint density at radius 3 is 2.52 bits per heavy atom. The van der Waals surface area contributed by atoms with E-state index < -0.39 is 11.9 Å². The molecule has 2 N–H and O–H groups in total. The van der Waals surface area contributed by atoms with E-state index in [1.54, 1.807) is 18.2 Å². The third-order valence-corrected chi connectivity index (χ3v) is 4.91. The number of aliphatic carboxylic acids is 1. The molecule has 1 aliphatic carbocycles. The Morgan fingerprint density at radius 2 is 1.88 bits per heavy atom. The summed E-state index contributed by atoms with van der Waals surface area (Å²) in [7, 11) is 0. The highest BCUT2D eigenvalue weighted by Crippen LogP contribution is 2.27. The quantitative estimate of drug-likeness (QED) is 0.895. The summed E-state index contributed by atoms with van der Waals surface area (Å²) < 4.78 is 15.0. The number of hydrogen-bond donors (Lipinski definition) is 2. The number of aryl methyl sites for hydroxylation is 1. The molecule has 0 radical (unpaired) electrons. The van der Waals surface area contributed by atoms with Crippen molar-refractivity contribution in [3.05, 3.63) is 53.1 Å². The molecule has 1 amide bonds. The summed E-state index contributed by atoms with van der Waals surface area (Å²) >= 11 is 0. The van der Waals surface area contributed by atoms with Crippen LogP contribution in [0.4, 0.5) is 4.39 Å². The van der Waals surface area contributed by atoms with Gasteiger partial charge in [-0.3, -0.25) is 9.59 Å². The number of halogens is 1. The van der Waals surface area contributed by atoms with Gasteiger partial charge in [0.15, 0.2) is 0 Å². The molecule has 6 heteroatoms. The largest absolute Gasteiger partial charge is 0.481 e. The number of nitrogens with zero attached hydrogens (tertiary/aromatic N) is 1. The molecule has 1 aliphatic rings. The number of nitrogens with one attached hydrogen (secondary N) is 1. The van der Waals surface area contributed by atoms with Gasteiger partial charge in [-0.05, 0) is 57.0 Å². The smallest absolute Gasteiger partial charge is 0.308 e. The average Bonchev–Trinajstić information content (AvgIpc) is 3.13. The van der Waals surface area contributed by atoms with Crippen LogP contribution in [0.3, 0.4) is 0 Å². The van der Waals surface area contributed by atoms with Gasteiger partial charge in [0.1, 0.15) is 5.82 Å². The Morgan fingerprint density at radius 1 is 1.20 bits per heavy atom. The van der Waals surface area contributed by atoms with E-state index in [-0.39, 0.29) is 17.8 Å². The summed E-state index contributed by atoms with van der Waals surface area (Å²) in [6.07, 6.45) is 2.07. The summed E-state index contributed by atoms with van der Waals surface area (Å²) in [4.78, 5) is 23.9. The summed E-state index contributed by atoms with van der Waals surface area (Å²) in [5, 5.41) is 12.1. The SMILES string of the molecule is Cc1cc(C(=O)N[C@@H]2CCC[C@@H]2C(=O)O)c(C)n1-c1ccc(F)cc1. The van der Waals surface area contributed by atoms with Gasteiger partial charge in [0.2, 0.25) is 0 Å². The van der Waals surface area contributed by atoms with Crippen LogP contribution in [0, 0.1) is 25.6 Å². The highest BCUT2D eigenvalue weighted by Gasteiger charge is 2.34. The molecule has 2 atom stereocenters. The van der Waals surface area contributed by atoms with Gasteiger partial charge in [0.25, 0.3) is 5.91 Å². The van der Waals surface area contributed by atoms with Crippen molar-refractivity contribution in [1.82, 2.24) is 9.88 Å². The molecule has 2 aromatic rings. The molecule has 3 rings (SSSR count). The van der Waals surface area contributed by atoms with Crippen LogP contribution < -0.4 is 5.32 Å². The molecule has 1 aromatic heterocycles. The summed E-state index contributed by atoms with van der Waals surface area (Å²) in [5.74, 6) is -1.96. The standard InChI is InChI=1S/C19H21FN2O3/c1-11-10-16(12(2)22(11)14-8-6-13(20)7-9-14)18(23)21-17-5-3-4-15(17)19(24)25/h6-10,15,17H,3-5H2,1-2H3,(H,21,23)(H,24,25)/t15-,17+/m0/s1. The third-order valence-electron chi connectivity index (χ3n) is 4.91. The van der Waals surface area contributed by atoms with Gasteiger partial charge >= 0.3 is 5.97 Å². The molecule has 1 fully saturated rings. The summed E-state index contributed by atoms with van der Waals surface area (Å²) in [5.41, 5.74) is 2.89. The lowest BCUT2D eigenvalue weighted by atomic mass is 10.0. The molecule has 5 nitrogen and oxygen atoms in total. The lowest BCUT2D eigenvalue weighted by Gasteiger charge is -2.17. The molecule has 0 aliphatic heterocycles. The van der Waals surface area contributed by atoms with E-state index in [1.807, 2.05) is 18.4 Å². The van der Waals surface area contributed by atoms with Gasteiger partial charge in [0, 0.05) is 23.1 Å². The first kappa shape index (κ1) is 17.2. The monoisotopic (exact) mass is 344 g/mol. The number of rotatable bonds is 4. The summed E-state index contributed by atoms with van der Waals surface area (Å²) in [6.45, 7) is 3.71. The van der Waals surface area contributed by atoms with Crippen molar-refractivity contribution in [2.45, 2.75) is 39.2 Å². The van der Waals surface area contributed by atoms with Crippen LogP contribution in [-0.2, 0) is 4.79 Å². The van der Waals surface area contributed by atoms with E-state index in [4.69, 9.17) is 0 Å². The molecule has 0 saturated heterocycles. The maximum Gasteiger partial charge on any atom is 0.308 e. The van der Waals surface area contributed by atoms with Gasteiger partial charge in [-0.1, -0.05) is 6.42 Å². The molecular weight excluding hydrogens is 323 g/mol. The van der Waals surface area contributed by atoms with Crippen LogP contribution in [0.15, 0.2) is 30.3 Å². The topological polar surface area (TPSA) is 71.3 Å². The second-order valence-electron chi connectivity index (χ2n) is 6.55. The molecule has 0 bridgehead atoms. The van der Waals surface area contributed by atoms with E-state index in [0.29, 0.717) is 18.4 Å². The number of carboxylic acids is 1. The second-order valence-corrected chi connectivity index (χ2v) is 6.55. The Labute approximate surface area is 145 Å². The average molecular weight is 344 g/mol. The number of amides is 1. The lowest BCUT2D eigenvalue weighted by molar-refractivity contribution is -0.142. The maximum absolute atomic E-state index is 13.1. The van der Waals surface area contributed by atoms with Crippen LogP contribution in [0.2, 0.25) is 0 Å². The number of aromatic nitrogens is 1. The van der Waals surface area contributed by atoms with Gasteiger partial charge in [-0.15, -0.1) is 0 Å². The van der Waals surface area contributed by atoms with Gasteiger partial charge in [0.05, 0.1) is 11.5 Å². The molecule has 0 unspecified atom stereocenters. The van der Waals surface area contributed by atoms with Gasteiger partial charge < -0.3 is 15.0 Å². The Balaban J connectivity index is 1.86. The van der Waals surface area contributed by atoms with Crippen molar-refractivity contribution in [2.75, 3.05) is 0 Å². The molecule has 25 heavy (non-hydrogen) atoms. The zero-order valence-corrected chi connectivity index (χ0v) is 14.3. The van der Waals surface area contributed by atoms with Crippen LogP contribution in [-0.4, -0.2) is 27.6 Å². The summed E-state index contributed by atoms with van der Waals surface area (Å²) in [6, 6.07) is 7.52. The Bertz CT molecular complexity index is 811. The number of carbonyl (C=O) groups is 2. The van der Waals surface area contributed by atoms with E-state index in [1.165, 1.54) is 12.1 Å². The highest BCUT2D eigenvalue weighted by atomic mass is 19.1. The first-order valence-electron chi connectivity index (χ1n) is 8.37. The second kappa shape index (κ2) is 6.70. The minimum Gasteiger partial charge on any atom is -0.481 e. The van der Waals surface area contributed by atoms with Crippen molar-refractivity contribution >= 4 is 11.9 Å². The predicted molar refractivity (Wildman–Crippen MR) is 91.4 cm³/mol. The van der Waals surface area contributed by atoms with Crippen molar-refractivity contribution in [2.24, 2.45) is 5.92 Å². The zero-order chi connectivity index (χ0) is 18.1. The fourth-order valence-electron chi connectivity index (χ4n) is 3.65. The fourth-order valence-corrected chi connectivity index (χ4v) is 3.65. The van der Waals surface area contributed by atoms with Crippen molar-refractivity contribution in [3.63, 3.8) is 0 Å². The Hall–Kier alpha value is -2.63. The van der Waals surface area contributed by atoms with E-state index in [9.17, 15) is 19.1 Å².